The lowest BCUT2D eigenvalue weighted by molar-refractivity contribution is 0.291. The second-order valence-corrected chi connectivity index (χ2v) is 7.87. The lowest BCUT2D eigenvalue weighted by atomic mass is 10.3. The van der Waals surface area contributed by atoms with Crippen LogP contribution in [0.15, 0.2) is 72.8 Å². The second-order valence-electron chi connectivity index (χ2n) is 7.07. The maximum atomic E-state index is 13.3. The summed E-state index contributed by atoms with van der Waals surface area (Å²) in [6.07, 6.45) is 0. The van der Waals surface area contributed by atoms with Gasteiger partial charge < -0.3 is 9.64 Å². The number of ether oxygens (including phenoxy) is 1. The van der Waals surface area contributed by atoms with Gasteiger partial charge in [-0.25, -0.2) is 13.5 Å². The van der Waals surface area contributed by atoms with Crippen LogP contribution >= 0.6 is 23.8 Å². The molecule has 0 bridgehead atoms. The number of nitrogens with zero attached hydrogens (tertiary/aromatic N) is 4. The third-order valence-corrected chi connectivity index (χ3v) is 5.43. The Kier molecular flexibility index (Phi) is 6.53. The fourth-order valence-electron chi connectivity index (χ4n) is 3.14. The summed E-state index contributed by atoms with van der Waals surface area (Å²) < 4.78 is 36.2. The van der Waals surface area contributed by atoms with E-state index in [9.17, 15) is 8.78 Å². The molecular weight excluding hydrogens is 454 g/mol. The summed E-state index contributed by atoms with van der Waals surface area (Å²) in [4.78, 5) is 1.90. The molecule has 1 aromatic heterocycles. The molecule has 32 heavy (non-hydrogen) atoms. The van der Waals surface area contributed by atoms with E-state index < -0.39 is 0 Å². The van der Waals surface area contributed by atoms with Crippen molar-refractivity contribution in [2.24, 2.45) is 0 Å². The second kappa shape index (κ2) is 9.50. The first-order valence-corrected chi connectivity index (χ1v) is 10.5. The van der Waals surface area contributed by atoms with Crippen LogP contribution in [0.4, 0.5) is 14.5 Å². The highest BCUT2D eigenvalue weighted by molar-refractivity contribution is 7.71. The summed E-state index contributed by atoms with van der Waals surface area (Å²) in [5.41, 5.74) is 1.60. The predicted molar refractivity (Wildman–Crippen MR) is 123 cm³/mol. The number of halogens is 3. The number of rotatable bonds is 7. The molecule has 0 fully saturated rings. The zero-order valence-electron chi connectivity index (χ0n) is 17.1. The Morgan fingerprint density at radius 1 is 0.938 bits per heavy atom. The maximum absolute atomic E-state index is 13.3. The average molecular weight is 473 g/mol. The average Bonchev–Trinajstić information content (AvgIpc) is 3.09. The zero-order chi connectivity index (χ0) is 22.7. The summed E-state index contributed by atoms with van der Waals surface area (Å²) in [5, 5.41) is 5.26. The molecule has 0 saturated carbocycles. The van der Waals surface area contributed by atoms with Gasteiger partial charge in [0.1, 0.15) is 30.7 Å². The molecule has 3 aromatic carbocycles. The van der Waals surface area contributed by atoms with Gasteiger partial charge in [0.15, 0.2) is 5.82 Å². The molecule has 0 atom stereocenters. The Bertz CT molecular complexity index is 1260. The van der Waals surface area contributed by atoms with E-state index in [0.717, 1.165) is 11.4 Å². The lowest BCUT2D eigenvalue weighted by Crippen LogP contribution is -2.22. The largest absolute Gasteiger partial charge is 0.486 e. The SMILES string of the molecule is CN(Cn1nc(COc2ccc(F)cc2)n(-c2ccc(Cl)cc2)c1=S)c1ccc(F)cc1. The Hall–Kier alpha value is -3.23. The fourth-order valence-corrected chi connectivity index (χ4v) is 3.58. The molecule has 4 aromatic rings. The normalized spacial score (nSPS) is 10.9. The zero-order valence-corrected chi connectivity index (χ0v) is 18.7. The van der Waals surface area contributed by atoms with Crippen LogP contribution in [0.5, 0.6) is 5.75 Å². The Morgan fingerprint density at radius 2 is 1.53 bits per heavy atom. The molecule has 0 radical (unpaired) electrons. The van der Waals surface area contributed by atoms with Crippen molar-refractivity contribution in [2.45, 2.75) is 13.3 Å². The maximum Gasteiger partial charge on any atom is 0.204 e. The highest BCUT2D eigenvalue weighted by atomic mass is 35.5. The third kappa shape index (κ3) is 4.98. The highest BCUT2D eigenvalue weighted by Crippen LogP contribution is 2.20. The fraction of sp³-hybridized carbons (Fsp3) is 0.130. The highest BCUT2D eigenvalue weighted by Gasteiger charge is 2.15. The van der Waals surface area contributed by atoms with Crippen molar-refractivity contribution >= 4 is 29.5 Å². The molecule has 0 saturated heterocycles. The van der Waals surface area contributed by atoms with Crippen LogP contribution in [0, 0.1) is 16.4 Å². The molecule has 0 aliphatic heterocycles. The van der Waals surface area contributed by atoms with Gasteiger partial charge in [-0.05, 0) is 85.0 Å². The molecule has 0 aliphatic rings. The van der Waals surface area contributed by atoms with Gasteiger partial charge in [0.05, 0.1) is 0 Å². The van der Waals surface area contributed by atoms with E-state index in [4.69, 9.17) is 28.6 Å². The molecule has 0 unspecified atom stereocenters. The van der Waals surface area contributed by atoms with Crippen molar-refractivity contribution in [3.05, 3.63) is 100 Å². The summed E-state index contributed by atoms with van der Waals surface area (Å²) in [7, 11) is 1.87. The summed E-state index contributed by atoms with van der Waals surface area (Å²) in [5.74, 6) is 0.438. The molecular formula is C23H19ClF2N4OS. The Balaban J connectivity index is 1.65. The molecule has 5 nitrogen and oxygen atoms in total. The van der Waals surface area contributed by atoms with Crippen molar-refractivity contribution in [3.8, 4) is 11.4 Å². The van der Waals surface area contributed by atoms with Gasteiger partial charge in [-0.3, -0.25) is 4.57 Å². The van der Waals surface area contributed by atoms with Crippen molar-refractivity contribution in [2.75, 3.05) is 11.9 Å². The number of hydrogen-bond acceptors (Lipinski definition) is 4. The van der Waals surface area contributed by atoms with Gasteiger partial charge in [0, 0.05) is 23.4 Å². The number of benzene rings is 3. The van der Waals surface area contributed by atoms with Gasteiger partial charge in [-0.2, -0.15) is 5.10 Å². The molecule has 164 valence electrons. The standard InChI is InChI=1S/C23H19ClF2N4OS/c1-28(19-10-4-17(25)5-11-19)15-29-23(32)30(20-8-2-16(24)3-9-20)22(27-29)14-31-21-12-6-18(26)7-13-21/h2-13H,14-15H2,1H3. The van der Waals surface area contributed by atoms with Crippen molar-refractivity contribution in [1.82, 2.24) is 14.3 Å². The van der Waals surface area contributed by atoms with E-state index in [-0.39, 0.29) is 18.2 Å². The lowest BCUT2D eigenvalue weighted by Gasteiger charge is -2.18. The molecule has 0 spiro atoms. The molecule has 1 heterocycles. The minimum absolute atomic E-state index is 0.116. The van der Waals surface area contributed by atoms with Gasteiger partial charge >= 0.3 is 0 Å². The molecule has 4 rings (SSSR count). The van der Waals surface area contributed by atoms with Crippen LogP contribution in [0.1, 0.15) is 5.82 Å². The summed E-state index contributed by atoms with van der Waals surface area (Å²) in [6.45, 7) is 0.458. The smallest absolute Gasteiger partial charge is 0.204 e. The van der Waals surface area contributed by atoms with E-state index in [1.54, 1.807) is 45.6 Å². The van der Waals surface area contributed by atoms with Crippen LogP contribution in [0.25, 0.3) is 5.69 Å². The Morgan fingerprint density at radius 3 is 2.16 bits per heavy atom. The first-order valence-electron chi connectivity index (χ1n) is 9.70. The van der Waals surface area contributed by atoms with E-state index in [1.165, 1.54) is 24.3 Å². The number of anilines is 1. The molecule has 0 aliphatic carbocycles. The van der Waals surface area contributed by atoms with Gasteiger partial charge in [0.25, 0.3) is 0 Å². The Labute approximate surface area is 194 Å². The van der Waals surface area contributed by atoms with E-state index in [0.29, 0.717) is 28.0 Å². The number of aromatic nitrogens is 3. The van der Waals surface area contributed by atoms with Crippen LogP contribution in [-0.4, -0.2) is 21.4 Å². The van der Waals surface area contributed by atoms with Crippen molar-refractivity contribution in [1.29, 1.82) is 0 Å². The third-order valence-electron chi connectivity index (χ3n) is 4.79. The summed E-state index contributed by atoms with van der Waals surface area (Å²) >= 11 is 11.7. The van der Waals surface area contributed by atoms with Crippen LogP contribution in [0.2, 0.25) is 5.02 Å². The predicted octanol–water partition coefficient (Wildman–Crippen LogP) is 6.01. The molecule has 0 N–H and O–H groups in total. The van der Waals surface area contributed by atoms with Gasteiger partial charge in [0.2, 0.25) is 4.77 Å². The first-order chi connectivity index (χ1) is 15.4. The van der Waals surface area contributed by atoms with E-state index in [1.807, 2.05) is 24.1 Å². The minimum atomic E-state index is -0.338. The number of hydrogen-bond donors (Lipinski definition) is 0. The summed E-state index contributed by atoms with van der Waals surface area (Å²) in [6, 6.07) is 19.2. The molecule has 9 heteroatoms. The van der Waals surface area contributed by atoms with Gasteiger partial charge in [-0.15, -0.1) is 0 Å². The van der Waals surface area contributed by atoms with E-state index in [2.05, 4.69) is 5.10 Å². The van der Waals surface area contributed by atoms with Crippen LogP contribution in [0.3, 0.4) is 0 Å². The topological polar surface area (TPSA) is 35.2 Å². The van der Waals surface area contributed by atoms with Crippen LogP contribution in [-0.2, 0) is 13.3 Å². The van der Waals surface area contributed by atoms with Gasteiger partial charge in [-0.1, -0.05) is 11.6 Å². The molecule has 0 amide bonds. The minimum Gasteiger partial charge on any atom is -0.486 e. The first kappa shape index (κ1) is 22.0. The van der Waals surface area contributed by atoms with Crippen molar-refractivity contribution in [3.63, 3.8) is 0 Å². The van der Waals surface area contributed by atoms with E-state index >= 15 is 0 Å². The quantitative estimate of drug-likeness (QED) is 0.309. The monoisotopic (exact) mass is 472 g/mol. The van der Waals surface area contributed by atoms with Crippen LogP contribution < -0.4 is 9.64 Å². The van der Waals surface area contributed by atoms with Crippen molar-refractivity contribution < 1.29 is 13.5 Å².